The van der Waals surface area contributed by atoms with Crippen molar-refractivity contribution in [2.24, 2.45) is 0 Å². The molecule has 0 aromatic carbocycles. The lowest BCUT2D eigenvalue weighted by molar-refractivity contribution is -0.123. The van der Waals surface area contributed by atoms with E-state index in [0.29, 0.717) is 6.42 Å². The lowest BCUT2D eigenvalue weighted by Gasteiger charge is -2.19. The number of amides is 1. The SMILES string of the molecule is CCC/C=C/CC/C=C/C(O)C(CO)NC(=O)CCCCCCCCCCCC. The Morgan fingerprint density at radius 1 is 0.793 bits per heavy atom. The number of aliphatic hydroxyl groups excluding tert-OH is 2. The van der Waals surface area contributed by atoms with Gasteiger partial charge in [-0.1, -0.05) is 102 Å². The molecule has 0 saturated heterocycles. The molecule has 0 aromatic heterocycles. The zero-order valence-electron chi connectivity index (χ0n) is 19.1. The third-order valence-corrected chi connectivity index (χ3v) is 5.17. The summed E-state index contributed by atoms with van der Waals surface area (Å²) < 4.78 is 0. The highest BCUT2D eigenvalue weighted by molar-refractivity contribution is 5.76. The maximum Gasteiger partial charge on any atom is 0.220 e. The van der Waals surface area contributed by atoms with E-state index in [2.05, 4.69) is 31.3 Å². The summed E-state index contributed by atoms with van der Waals surface area (Å²) in [6, 6.07) is -0.627. The van der Waals surface area contributed by atoms with Crippen LogP contribution in [0.4, 0.5) is 0 Å². The second-order valence-corrected chi connectivity index (χ2v) is 8.04. The van der Waals surface area contributed by atoms with Gasteiger partial charge in [-0.3, -0.25) is 4.79 Å². The van der Waals surface area contributed by atoms with Crippen LogP contribution in [0.3, 0.4) is 0 Å². The first kappa shape index (κ1) is 27.9. The molecule has 0 aliphatic heterocycles. The summed E-state index contributed by atoms with van der Waals surface area (Å²) in [6.07, 6.45) is 23.9. The van der Waals surface area contributed by atoms with Gasteiger partial charge < -0.3 is 15.5 Å². The Hall–Kier alpha value is -1.13. The van der Waals surface area contributed by atoms with E-state index in [1.165, 1.54) is 51.4 Å². The predicted molar refractivity (Wildman–Crippen MR) is 124 cm³/mol. The highest BCUT2D eigenvalue weighted by Crippen LogP contribution is 2.11. The zero-order valence-corrected chi connectivity index (χ0v) is 19.1. The minimum atomic E-state index is -0.851. The topological polar surface area (TPSA) is 69.6 Å². The number of aliphatic hydroxyl groups is 2. The van der Waals surface area contributed by atoms with E-state index < -0.39 is 12.1 Å². The molecule has 4 nitrogen and oxygen atoms in total. The van der Waals surface area contributed by atoms with Gasteiger partial charge in [0.25, 0.3) is 0 Å². The fraction of sp³-hybridized carbons (Fsp3) is 0.800. The van der Waals surface area contributed by atoms with Gasteiger partial charge in [-0.2, -0.15) is 0 Å². The number of nitrogens with one attached hydrogen (secondary N) is 1. The van der Waals surface area contributed by atoms with Crippen molar-refractivity contribution in [1.29, 1.82) is 0 Å². The van der Waals surface area contributed by atoms with Gasteiger partial charge in [0.15, 0.2) is 0 Å². The predicted octanol–water partition coefficient (Wildman–Crippen LogP) is 5.83. The van der Waals surface area contributed by atoms with Crippen LogP contribution in [0.15, 0.2) is 24.3 Å². The van der Waals surface area contributed by atoms with Crippen molar-refractivity contribution >= 4 is 5.91 Å². The molecule has 0 radical (unpaired) electrons. The minimum absolute atomic E-state index is 0.0847. The van der Waals surface area contributed by atoms with Crippen LogP contribution in [0.1, 0.15) is 110 Å². The second kappa shape index (κ2) is 21.6. The standard InChI is InChI=1S/C25H47NO3/c1-3-5-7-9-11-12-13-15-17-19-21-25(29)26-23(22-27)24(28)20-18-16-14-10-8-6-4-2/h8,10,18,20,23-24,27-28H,3-7,9,11-17,19,21-22H2,1-2H3,(H,26,29)/b10-8+,20-18+. The Morgan fingerprint density at radius 2 is 1.34 bits per heavy atom. The third-order valence-electron chi connectivity index (χ3n) is 5.17. The van der Waals surface area contributed by atoms with Crippen LogP contribution in [-0.2, 0) is 4.79 Å². The van der Waals surface area contributed by atoms with Crippen LogP contribution in [-0.4, -0.2) is 34.9 Å². The maximum absolute atomic E-state index is 12.1. The lowest BCUT2D eigenvalue weighted by atomic mass is 10.1. The minimum Gasteiger partial charge on any atom is -0.394 e. The molecule has 0 aliphatic rings. The van der Waals surface area contributed by atoms with Crippen molar-refractivity contribution in [3.63, 3.8) is 0 Å². The van der Waals surface area contributed by atoms with Crippen molar-refractivity contribution in [1.82, 2.24) is 5.32 Å². The number of unbranched alkanes of at least 4 members (excludes halogenated alkanes) is 11. The van der Waals surface area contributed by atoms with Crippen molar-refractivity contribution in [2.75, 3.05) is 6.61 Å². The summed E-state index contributed by atoms with van der Waals surface area (Å²) in [4.78, 5) is 12.1. The number of carbonyl (C=O) groups is 1. The number of hydrogen-bond acceptors (Lipinski definition) is 3. The Kier molecular flexibility index (Phi) is 20.7. The Balaban J connectivity index is 3.79. The molecule has 2 atom stereocenters. The molecule has 4 heteroatoms. The molecule has 29 heavy (non-hydrogen) atoms. The van der Waals surface area contributed by atoms with Crippen molar-refractivity contribution in [2.45, 2.75) is 122 Å². The average Bonchev–Trinajstić information content (AvgIpc) is 2.72. The molecule has 0 aromatic rings. The Morgan fingerprint density at radius 3 is 1.93 bits per heavy atom. The number of carbonyl (C=O) groups excluding carboxylic acids is 1. The zero-order chi connectivity index (χ0) is 21.6. The van der Waals surface area contributed by atoms with Crippen molar-refractivity contribution in [3.05, 3.63) is 24.3 Å². The van der Waals surface area contributed by atoms with Crippen molar-refractivity contribution in [3.8, 4) is 0 Å². The van der Waals surface area contributed by atoms with Gasteiger partial charge in [-0.15, -0.1) is 0 Å². The van der Waals surface area contributed by atoms with E-state index >= 15 is 0 Å². The highest BCUT2D eigenvalue weighted by atomic mass is 16.3. The lowest BCUT2D eigenvalue weighted by Crippen LogP contribution is -2.45. The van der Waals surface area contributed by atoms with Crippen LogP contribution >= 0.6 is 0 Å². The molecule has 0 rings (SSSR count). The molecular weight excluding hydrogens is 362 g/mol. The largest absolute Gasteiger partial charge is 0.394 e. The van der Waals surface area contributed by atoms with Crippen LogP contribution in [0.5, 0.6) is 0 Å². The van der Waals surface area contributed by atoms with E-state index in [9.17, 15) is 15.0 Å². The smallest absolute Gasteiger partial charge is 0.220 e. The summed E-state index contributed by atoms with van der Waals surface area (Å²) in [7, 11) is 0. The van der Waals surface area contributed by atoms with Crippen LogP contribution in [0, 0.1) is 0 Å². The van der Waals surface area contributed by atoms with E-state index in [-0.39, 0.29) is 12.5 Å². The first-order valence-electron chi connectivity index (χ1n) is 12.1. The van der Waals surface area contributed by atoms with E-state index in [4.69, 9.17) is 0 Å². The maximum atomic E-state index is 12.1. The monoisotopic (exact) mass is 409 g/mol. The number of hydrogen-bond donors (Lipinski definition) is 3. The second-order valence-electron chi connectivity index (χ2n) is 8.04. The highest BCUT2D eigenvalue weighted by Gasteiger charge is 2.17. The van der Waals surface area contributed by atoms with Gasteiger partial charge in [-0.05, 0) is 25.7 Å². The fourth-order valence-electron chi connectivity index (χ4n) is 3.26. The van der Waals surface area contributed by atoms with E-state index in [1.54, 1.807) is 6.08 Å². The molecule has 2 unspecified atom stereocenters. The molecular formula is C25H47NO3. The molecule has 1 amide bonds. The molecule has 3 N–H and O–H groups in total. The van der Waals surface area contributed by atoms with Crippen LogP contribution in [0.25, 0.3) is 0 Å². The van der Waals surface area contributed by atoms with E-state index in [0.717, 1.165) is 38.5 Å². The molecule has 0 fully saturated rings. The summed E-state index contributed by atoms with van der Waals surface area (Å²) >= 11 is 0. The van der Waals surface area contributed by atoms with E-state index in [1.807, 2.05) is 6.08 Å². The first-order chi connectivity index (χ1) is 14.2. The van der Waals surface area contributed by atoms with Crippen LogP contribution in [0.2, 0.25) is 0 Å². The normalized spacial score (nSPS) is 13.9. The van der Waals surface area contributed by atoms with Crippen LogP contribution < -0.4 is 5.32 Å². The fourth-order valence-corrected chi connectivity index (χ4v) is 3.26. The van der Waals surface area contributed by atoms with Gasteiger partial charge in [0.2, 0.25) is 5.91 Å². The number of allylic oxidation sites excluding steroid dienone is 3. The number of rotatable bonds is 20. The summed E-state index contributed by atoms with van der Waals surface area (Å²) in [6.45, 7) is 4.14. The summed E-state index contributed by atoms with van der Waals surface area (Å²) in [5, 5.41) is 22.4. The molecule has 0 spiro atoms. The first-order valence-corrected chi connectivity index (χ1v) is 12.1. The van der Waals surface area contributed by atoms with Gasteiger partial charge in [0.05, 0.1) is 18.8 Å². The summed E-state index contributed by atoms with van der Waals surface area (Å²) in [5.41, 5.74) is 0. The van der Waals surface area contributed by atoms with Gasteiger partial charge in [0, 0.05) is 6.42 Å². The molecule has 0 saturated carbocycles. The average molecular weight is 410 g/mol. The molecule has 0 bridgehead atoms. The van der Waals surface area contributed by atoms with Gasteiger partial charge in [0.1, 0.15) is 0 Å². The van der Waals surface area contributed by atoms with Gasteiger partial charge in [-0.25, -0.2) is 0 Å². The van der Waals surface area contributed by atoms with Crippen molar-refractivity contribution < 1.29 is 15.0 Å². The molecule has 170 valence electrons. The quantitative estimate of drug-likeness (QED) is 0.175. The Bertz CT molecular complexity index is 420. The van der Waals surface area contributed by atoms with Gasteiger partial charge >= 0.3 is 0 Å². The Labute approximate surface area is 179 Å². The molecule has 0 aliphatic carbocycles. The third kappa shape index (κ3) is 18.6. The molecule has 0 heterocycles. The summed E-state index contributed by atoms with van der Waals surface area (Å²) in [5.74, 6) is -0.0847.